The zero-order chi connectivity index (χ0) is 13.3. The lowest BCUT2D eigenvalue weighted by Gasteiger charge is -2.00. The summed E-state index contributed by atoms with van der Waals surface area (Å²) in [7, 11) is 0. The van der Waals surface area contributed by atoms with Gasteiger partial charge in [0.15, 0.2) is 0 Å². The molecule has 0 atom stereocenters. The molecule has 0 bridgehead atoms. The highest BCUT2D eigenvalue weighted by Crippen LogP contribution is 2.36. The van der Waals surface area contributed by atoms with Gasteiger partial charge in [0.25, 0.3) is 0 Å². The van der Waals surface area contributed by atoms with Gasteiger partial charge in [0.1, 0.15) is 0 Å². The van der Waals surface area contributed by atoms with E-state index in [9.17, 15) is 14.5 Å². The number of nitrogen functional groups attached to an aromatic ring is 1. The Kier molecular flexibility index (Phi) is 3.29. The van der Waals surface area contributed by atoms with Gasteiger partial charge >= 0.3 is 5.69 Å². The summed E-state index contributed by atoms with van der Waals surface area (Å²) in [5.74, 6) is -0.840. The Labute approximate surface area is 107 Å². The van der Waals surface area contributed by atoms with E-state index < -0.39 is 16.4 Å². The molecule has 1 aromatic carbocycles. The molecule has 94 valence electrons. The predicted molar refractivity (Wildman–Crippen MR) is 70.2 cm³/mol. The zero-order valence-corrected chi connectivity index (χ0v) is 10.5. The van der Waals surface area contributed by atoms with Gasteiger partial charge in [-0.1, -0.05) is 13.0 Å². The topological polar surface area (TPSA) is 69.2 Å². The molecule has 0 saturated heterocycles. The number of halogens is 1. The molecule has 18 heavy (non-hydrogen) atoms. The molecule has 4 nitrogen and oxygen atoms in total. The number of nitro groups is 1. The Hall–Kier alpha value is -1.95. The molecule has 0 unspecified atom stereocenters. The van der Waals surface area contributed by atoms with E-state index in [2.05, 4.69) is 0 Å². The minimum Gasteiger partial charge on any atom is -0.390 e. The first-order valence-electron chi connectivity index (χ1n) is 5.35. The van der Waals surface area contributed by atoms with Crippen LogP contribution in [0.3, 0.4) is 0 Å². The van der Waals surface area contributed by atoms with Crippen molar-refractivity contribution in [1.29, 1.82) is 0 Å². The quantitative estimate of drug-likeness (QED) is 0.681. The molecule has 1 aromatic heterocycles. The molecule has 0 aliphatic carbocycles. The van der Waals surface area contributed by atoms with Crippen LogP contribution in [0.5, 0.6) is 0 Å². The van der Waals surface area contributed by atoms with Crippen LogP contribution in [0.4, 0.5) is 15.1 Å². The maximum absolute atomic E-state index is 13.2. The SMILES string of the molecule is CCc1cc(-c2ccc(F)c([N+](=O)[O-])c2)c(N)s1. The number of aryl methyl sites for hydroxylation is 1. The standard InChI is InChI=1S/C12H11FN2O2S/c1-2-8-6-9(12(14)18-8)7-3-4-10(13)11(5-7)15(16)17/h3-6H,2,14H2,1H3. The van der Waals surface area contributed by atoms with Crippen LogP contribution in [0, 0.1) is 15.9 Å². The highest BCUT2D eigenvalue weighted by Gasteiger charge is 2.17. The molecular formula is C12H11FN2O2S. The molecule has 0 spiro atoms. The van der Waals surface area contributed by atoms with Gasteiger partial charge in [-0.2, -0.15) is 4.39 Å². The third-order valence-corrected chi connectivity index (χ3v) is 3.72. The van der Waals surface area contributed by atoms with Gasteiger partial charge in [-0.15, -0.1) is 11.3 Å². The van der Waals surface area contributed by atoms with Crippen molar-refractivity contribution >= 4 is 22.0 Å². The third-order valence-electron chi connectivity index (χ3n) is 2.61. The minimum atomic E-state index is -0.840. The molecular weight excluding hydrogens is 255 g/mol. The van der Waals surface area contributed by atoms with Gasteiger partial charge in [0.2, 0.25) is 5.82 Å². The van der Waals surface area contributed by atoms with Crippen LogP contribution in [0.1, 0.15) is 11.8 Å². The van der Waals surface area contributed by atoms with Crippen LogP contribution in [-0.4, -0.2) is 4.92 Å². The van der Waals surface area contributed by atoms with Crippen molar-refractivity contribution in [2.45, 2.75) is 13.3 Å². The zero-order valence-electron chi connectivity index (χ0n) is 9.64. The lowest BCUT2D eigenvalue weighted by atomic mass is 10.1. The van der Waals surface area contributed by atoms with Crippen LogP contribution < -0.4 is 5.73 Å². The van der Waals surface area contributed by atoms with E-state index in [4.69, 9.17) is 5.73 Å². The number of hydrogen-bond acceptors (Lipinski definition) is 4. The lowest BCUT2D eigenvalue weighted by molar-refractivity contribution is -0.387. The molecule has 0 radical (unpaired) electrons. The second-order valence-corrected chi connectivity index (χ2v) is 4.94. The predicted octanol–water partition coefficient (Wildman–Crippen LogP) is 3.61. The molecule has 1 heterocycles. The summed E-state index contributed by atoms with van der Waals surface area (Å²) in [6.07, 6.45) is 0.845. The first-order chi connectivity index (χ1) is 8.52. The summed E-state index contributed by atoms with van der Waals surface area (Å²) in [5, 5.41) is 11.3. The van der Waals surface area contributed by atoms with Crippen LogP contribution in [0.2, 0.25) is 0 Å². The van der Waals surface area contributed by atoms with Crippen LogP contribution >= 0.6 is 11.3 Å². The van der Waals surface area contributed by atoms with Crippen molar-refractivity contribution in [1.82, 2.24) is 0 Å². The molecule has 0 aliphatic rings. The summed E-state index contributed by atoms with van der Waals surface area (Å²) >= 11 is 1.44. The van der Waals surface area contributed by atoms with E-state index in [1.807, 2.05) is 13.0 Å². The van der Waals surface area contributed by atoms with E-state index >= 15 is 0 Å². The summed E-state index contributed by atoms with van der Waals surface area (Å²) < 4.78 is 13.2. The fourth-order valence-corrected chi connectivity index (χ4v) is 2.57. The molecule has 0 aliphatic heterocycles. The van der Waals surface area contributed by atoms with Gasteiger partial charge in [0.05, 0.1) is 9.92 Å². The smallest absolute Gasteiger partial charge is 0.305 e. The molecule has 2 rings (SSSR count). The van der Waals surface area contributed by atoms with Crippen molar-refractivity contribution in [3.8, 4) is 11.1 Å². The number of anilines is 1. The van der Waals surface area contributed by atoms with E-state index in [1.165, 1.54) is 23.5 Å². The van der Waals surface area contributed by atoms with Gasteiger partial charge in [-0.05, 0) is 24.1 Å². The van der Waals surface area contributed by atoms with Crippen molar-refractivity contribution < 1.29 is 9.31 Å². The number of nitrogens with zero attached hydrogens (tertiary/aromatic N) is 1. The molecule has 2 N–H and O–H groups in total. The fourth-order valence-electron chi connectivity index (χ4n) is 1.68. The highest BCUT2D eigenvalue weighted by atomic mass is 32.1. The van der Waals surface area contributed by atoms with Gasteiger partial charge in [0, 0.05) is 16.5 Å². The lowest BCUT2D eigenvalue weighted by Crippen LogP contribution is -1.93. The van der Waals surface area contributed by atoms with Crippen LogP contribution in [0.25, 0.3) is 11.1 Å². The fraction of sp³-hybridized carbons (Fsp3) is 0.167. The normalized spacial score (nSPS) is 10.6. The van der Waals surface area contributed by atoms with Gasteiger partial charge in [-0.25, -0.2) is 0 Å². The largest absolute Gasteiger partial charge is 0.390 e. The number of hydrogen-bond donors (Lipinski definition) is 1. The molecule has 0 fully saturated rings. The summed E-state index contributed by atoms with van der Waals surface area (Å²) in [6.45, 7) is 2.00. The maximum atomic E-state index is 13.2. The Bertz CT molecular complexity index is 610. The van der Waals surface area contributed by atoms with E-state index in [1.54, 1.807) is 0 Å². The monoisotopic (exact) mass is 266 g/mol. The van der Waals surface area contributed by atoms with Gasteiger partial charge in [-0.3, -0.25) is 10.1 Å². The average Bonchev–Trinajstić information content (AvgIpc) is 2.71. The first-order valence-corrected chi connectivity index (χ1v) is 6.17. The van der Waals surface area contributed by atoms with E-state index in [0.717, 1.165) is 22.9 Å². The summed E-state index contributed by atoms with van der Waals surface area (Å²) in [6, 6.07) is 5.69. The number of benzene rings is 1. The number of rotatable bonds is 3. The number of thiophene rings is 1. The Morgan fingerprint density at radius 3 is 2.72 bits per heavy atom. The van der Waals surface area contributed by atoms with Crippen molar-refractivity contribution in [3.05, 3.63) is 45.1 Å². The second kappa shape index (κ2) is 4.73. The van der Waals surface area contributed by atoms with Crippen LogP contribution in [0.15, 0.2) is 24.3 Å². The molecule has 0 amide bonds. The maximum Gasteiger partial charge on any atom is 0.305 e. The first kappa shape index (κ1) is 12.5. The number of nitro benzene ring substituents is 1. The molecule has 6 heteroatoms. The average molecular weight is 266 g/mol. The van der Waals surface area contributed by atoms with Crippen LogP contribution in [-0.2, 0) is 6.42 Å². The highest BCUT2D eigenvalue weighted by molar-refractivity contribution is 7.16. The van der Waals surface area contributed by atoms with E-state index in [0.29, 0.717) is 10.6 Å². The van der Waals surface area contributed by atoms with Crippen molar-refractivity contribution in [2.75, 3.05) is 5.73 Å². The Morgan fingerprint density at radius 1 is 1.44 bits per heavy atom. The second-order valence-electron chi connectivity index (χ2n) is 3.77. The summed E-state index contributed by atoms with van der Waals surface area (Å²) in [4.78, 5) is 11.0. The molecule has 2 aromatic rings. The van der Waals surface area contributed by atoms with E-state index in [-0.39, 0.29) is 0 Å². The van der Waals surface area contributed by atoms with Crippen molar-refractivity contribution in [3.63, 3.8) is 0 Å². The van der Waals surface area contributed by atoms with Crippen molar-refractivity contribution in [2.24, 2.45) is 0 Å². The number of nitrogens with two attached hydrogens (primary N) is 1. The minimum absolute atomic E-state index is 0.531. The Balaban J connectivity index is 2.53. The molecule has 0 saturated carbocycles. The third kappa shape index (κ3) is 2.19. The Morgan fingerprint density at radius 2 is 2.17 bits per heavy atom. The summed E-state index contributed by atoms with van der Waals surface area (Å²) in [5.41, 5.74) is 6.63. The van der Waals surface area contributed by atoms with Gasteiger partial charge < -0.3 is 5.73 Å².